The van der Waals surface area contributed by atoms with E-state index in [0.29, 0.717) is 5.25 Å². The summed E-state index contributed by atoms with van der Waals surface area (Å²) in [7, 11) is 0. The molecule has 0 aromatic heterocycles. The number of halogens is 1. The highest BCUT2D eigenvalue weighted by Gasteiger charge is 2.21. The van der Waals surface area contributed by atoms with Crippen LogP contribution in [-0.4, -0.2) is 5.25 Å². The fraction of sp³-hybridized carbons (Fsp3) is 0.500. The number of nitrogens with zero attached hydrogens (tertiary/aromatic N) is 1. The summed E-state index contributed by atoms with van der Waals surface area (Å²) in [6, 6.07) is 6.86. The van der Waals surface area contributed by atoms with E-state index < -0.39 is 5.82 Å². The highest BCUT2D eigenvalue weighted by atomic mass is 32.2. The van der Waals surface area contributed by atoms with E-state index in [0.717, 1.165) is 10.8 Å². The van der Waals surface area contributed by atoms with Crippen LogP contribution >= 0.6 is 11.8 Å². The summed E-state index contributed by atoms with van der Waals surface area (Å²) in [5.41, 5.74) is 0.204. The number of hydrogen-bond acceptors (Lipinski definition) is 2. The quantitative estimate of drug-likeness (QED) is 0.777. The predicted molar refractivity (Wildman–Crippen MR) is 68.4 cm³/mol. The molecule has 0 spiro atoms. The van der Waals surface area contributed by atoms with Crippen molar-refractivity contribution in [3.8, 4) is 6.07 Å². The minimum absolute atomic E-state index is 0.204. The van der Waals surface area contributed by atoms with Gasteiger partial charge in [-0.2, -0.15) is 5.26 Å². The highest BCUT2D eigenvalue weighted by molar-refractivity contribution is 8.00. The normalized spacial score (nSPS) is 24.3. The average Bonchev–Trinajstić information content (AvgIpc) is 2.29. The van der Waals surface area contributed by atoms with Crippen molar-refractivity contribution in [2.24, 2.45) is 5.92 Å². The van der Waals surface area contributed by atoms with Gasteiger partial charge in [-0.05, 0) is 30.9 Å². The van der Waals surface area contributed by atoms with Crippen LogP contribution in [0.3, 0.4) is 0 Å². The number of thioether (sulfide) groups is 1. The van der Waals surface area contributed by atoms with Crippen LogP contribution in [0, 0.1) is 23.1 Å². The minimum atomic E-state index is -0.402. The number of hydrogen-bond donors (Lipinski definition) is 0. The lowest BCUT2D eigenvalue weighted by Crippen LogP contribution is -2.15. The third-order valence-electron chi connectivity index (χ3n) is 3.27. The van der Waals surface area contributed by atoms with Gasteiger partial charge in [0.05, 0.1) is 0 Å². The standard InChI is InChI=1S/C14H16FNS/c1-10-4-2-5-11(8-10)17-14-7-3-6-13(15)12(14)9-16/h3,6-7,10-11H,2,4-5,8H2,1H3. The Morgan fingerprint density at radius 1 is 1.41 bits per heavy atom. The van der Waals surface area contributed by atoms with Crippen LogP contribution in [0.5, 0.6) is 0 Å². The smallest absolute Gasteiger partial charge is 0.142 e. The zero-order chi connectivity index (χ0) is 12.3. The lowest BCUT2D eigenvalue weighted by Gasteiger charge is -2.26. The van der Waals surface area contributed by atoms with E-state index in [4.69, 9.17) is 5.26 Å². The molecule has 0 heterocycles. The van der Waals surface area contributed by atoms with E-state index in [9.17, 15) is 4.39 Å². The van der Waals surface area contributed by atoms with Gasteiger partial charge in [0.2, 0.25) is 0 Å². The molecule has 1 aromatic carbocycles. The van der Waals surface area contributed by atoms with Gasteiger partial charge in [-0.1, -0.05) is 25.8 Å². The molecule has 1 aliphatic rings. The van der Waals surface area contributed by atoms with E-state index in [1.54, 1.807) is 17.8 Å². The van der Waals surface area contributed by atoms with Crippen molar-refractivity contribution >= 4 is 11.8 Å². The lowest BCUT2D eigenvalue weighted by molar-refractivity contribution is 0.394. The van der Waals surface area contributed by atoms with Crippen LogP contribution in [-0.2, 0) is 0 Å². The first-order valence-corrected chi connectivity index (χ1v) is 6.94. The Kier molecular flexibility index (Phi) is 4.06. The maximum absolute atomic E-state index is 13.4. The Labute approximate surface area is 106 Å². The van der Waals surface area contributed by atoms with Crippen molar-refractivity contribution in [3.05, 3.63) is 29.6 Å². The van der Waals surface area contributed by atoms with Crippen molar-refractivity contribution in [3.63, 3.8) is 0 Å². The number of nitriles is 1. The van der Waals surface area contributed by atoms with E-state index in [1.165, 1.54) is 31.7 Å². The van der Waals surface area contributed by atoms with Crippen LogP contribution < -0.4 is 0 Å². The second-order valence-corrected chi connectivity index (χ2v) is 6.08. The average molecular weight is 249 g/mol. The van der Waals surface area contributed by atoms with E-state index in [-0.39, 0.29) is 5.56 Å². The maximum Gasteiger partial charge on any atom is 0.142 e. The van der Waals surface area contributed by atoms with Gasteiger partial charge in [-0.25, -0.2) is 4.39 Å². The molecule has 1 saturated carbocycles. The molecule has 0 aliphatic heterocycles. The fourth-order valence-electron chi connectivity index (χ4n) is 2.38. The van der Waals surface area contributed by atoms with Gasteiger partial charge in [0.25, 0.3) is 0 Å². The van der Waals surface area contributed by atoms with Crippen LogP contribution in [0.4, 0.5) is 4.39 Å². The molecule has 1 fully saturated rings. The molecule has 90 valence electrons. The fourth-order valence-corrected chi connectivity index (χ4v) is 3.86. The van der Waals surface area contributed by atoms with Gasteiger partial charge >= 0.3 is 0 Å². The molecule has 0 N–H and O–H groups in total. The molecule has 1 nitrogen and oxygen atoms in total. The van der Waals surface area contributed by atoms with Crippen LogP contribution in [0.1, 0.15) is 38.2 Å². The van der Waals surface area contributed by atoms with E-state index >= 15 is 0 Å². The number of rotatable bonds is 2. The summed E-state index contributed by atoms with van der Waals surface area (Å²) in [5.74, 6) is 0.349. The Morgan fingerprint density at radius 3 is 2.94 bits per heavy atom. The topological polar surface area (TPSA) is 23.8 Å². The molecular weight excluding hydrogens is 233 g/mol. The van der Waals surface area contributed by atoms with Crippen LogP contribution in [0.25, 0.3) is 0 Å². The third kappa shape index (κ3) is 3.01. The first kappa shape index (κ1) is 12.4. The van der Waals surface area contributed by atoms with Crippen molar-refractivity contribution in [2.45, 2.75) is 42.8 Å². The summed E-state index contributed by atoms with van der Waals surface area (Å²) in [6.45, 7) is 2.27. The molecule has 1 aliphatic carbocycles. The predicted octanol–water partition coefficient (Wildman–Crippen LogP) is 4.37. The van der Waals surface area contributed by atoms with Gasteiger partial charge in [0, 0.05) is 10.1 Å². The molecule has 0 bridgehead atoms. The first-order valence-electron chi connectivity index (χ1n) is 6.06. The molecular formula is C14H16FNS. The molecule has 3 heteroatoms. The molecule has 2 unspecified atom stereocenters. The summed E-state index contributed by atoms with van der Waals surface area (Å²) in [6.07, 6.45) is 4.89. The summed E-state index contributed by atoms with van der Waals surface area (Å²) in [5, 5.41) is 9.51. The van der Waals surface area contributed by atoms with Gasteiger partial charge in [0.15, 0.2) is 0 Å². The van der Waals surface area contributed by atoms with E-state index in [1.807, 2.05) is 12.1 Å². The zero-order valence-corrected chi connectivity index (χ0v) is 10.8. The Hall–Kier alpha value is -1.01. The highest BCUT2D eigenvalue weighted by Crippen LogP contribution is 2.37. The Morgan fingerprint density at radius 2 is 2.24 bits per heavy atom. The van der Waals surface area contributed by atoms with Crippen molar-refractivity contribution in [1.82, 2.24) is 0 Å². The van der Waals surface area contributed by atoms with Crippen LogP contribution in [0.2, 0.25) is 0 Å². The molecule has 2 rings (SSSR count). The second kappa shape index (κ2) is 5.55. The van der Waals surface area contributed by atoms with Gasteiger partial charge in [-0.3, -0.25) is 0 Å². The van der Waals surface area contributed by atoms with Crippen LogP contribution in [0.15, 0.2) is 23.1 Å². The summed E-state index contributed by atoms with van der Waals surface area (Å²) >= 11 is 1.67. The SMILES string of the molecule is CC1CCCC(Sc2cccc(F)c2C#N)C1. The molecule has 0 radical (unpaired) electrons. The van der Waals surface area contributed by atoms with Crippen molar-refractivity contribution in [2.75, 3.05) is 0 Å². The monoisotopic (exact) mass is 249 g/mol. The van der Waals surface area contributed by atoms with Gasteiger partial charge < -0.3 is 0 Å². The third-order valence-corrected chi connectivity index (χ3v) is 4.62. The minimum Gasteiger partial charge on any atom is -0.206 e. The molecule has 1 aromatic rings. The largest absolute Gasteiger partial charge is 0.206 e. The Bertz CT molecular complexity index is 438. The van der Waals surface area contributed by atoms with Crippen molar-refractivity contribution < 1.29 is 4.39 Å². The molecule has 17 heavy (non-hydrogen) atoms. The molecule has 0 saturated heterocycles. The molecule has 0 amide bonds. The lowest BCUT2D eigenvalue weighted by atomic mass is 9.91. The van der Waals surface area contributed by atoms with Gasteiger partial charge in [0.1, 0.15) is 17.4 Å². The molecule has 2 atom stereocenters. The Balaban J connectivity index is 2.13. The van der Waals surface area contributed by atoms with Gasteiger partial charge in [-0.15, -0.1) is 11.8 Å². The maximum atomic E-state index is 13.4. The second-order valence-electron chi connectivity index (χ2n) is 4.74. The number of benzene rings is 1. The van der Waals surface area contributed by atoms with Crippen molar-refractivity contribution in [1.29, 1.82) is 5.26 Å². The van der Waals surface area contributed by atoms with E-state index in [2.05, 4.69) is 6.92 Å². The summed E-state index contributed by atoms with van der Waals surface area (Å²) in [4.78, 5) is 0.798. The zero-order valence-electron chi connectivity index (χ0n) is 9.95. The summed E-state index contributed by atoms with van der Waals surface area (Å²) < 4.78 is 13.4. The first-order chi connectivity index (χ1) is 8.20.